The summed E-state index contributed by atoms with van der Waals surface area (Å²) < 4.78 is 7.54. The molecule has 0 saturated carbocycles. The van der Waals surface area contributed by atoms with E-state index in [0.29, 0.717) is 13.0 Å². The molecule has 0 radical (unpaired) electrons. The molecule has 1 aromatic carbocycles. The minimum absolute atomic E-state index is 0.551. The first-order valence-corrected chi connectivity index (χ1v) is 6.99. The molecule has 106 valence electrons. The van der Waals surface area contributed by atoms with E-state index >= 15 is 0 Å². The van der Waals surface area contributed by atoms with Crippen LogP contribution in [0.15, 0.2) is 18.2 Å². The Hall–Kier alpha value is -1.81. The Kier molecular flexibility index (Phi) is 3.26. The van der Waals surface area contributed by atoms with E-state index in [0.717, 1.165) is 34.7 Å². The molecule has 0 amide bonds. The topological polar surface area (TPSA) is 47.3 Å². The zero-order valence-electron chi connectivity index (χ0n) is 12.2. The molecule has 4 nitrogen and oxygen atoms in total. The standard InChI is InChI=1S/C16H20N2O2/c1-10-14(11(2)18(3)17-10)9-15(19)13-6-4-5-12-7-8-20-16(12)13/h4-6,15,19H,7-9H2,1-3H3. The van der Waals surface area contributed by atoms with E-state index in [1.165, 1.54) is 5.56 Å². The largest absolute Gasteiger partial charge is 0.493 e. The minimum Gasteiger partial charge on any atom is -0.493 e. The highest BCUT2D eigenvalue weighted by Gasteiger charge is 2.22. The first kappa shape index (κ1) is 13.2. The quantitative estimate of drug-likeness (QED) is 0.932. The van der Waals surface area contributed by atoms with E-state index in [1.54, 1.807) is 0 Å². The molecule has 1 aliphatic rings. The Balaban J connectivity index is 1.90. The molecule has 1 unspecified atom stereocenters. The highest BCUT2D eigenvalue weighted by Crippen LogP contribution is 2.35. The molecule has 1 atom stereocenters. The molecule has 0 bridgehead atoms. The van der Waals surface area contributed by atoms with Crippen LogP contribution >= 0.6 is 0 Å². The van der Waals surface area contributed by atoms with Crippen molar-refractivity contribution in [1.82, 2.24) is 9.78 Å². The lowest BCUT2D eigenvalue weighted by Crippen LogP contribution is -2.05. The van der Waals surface area contributed by atoms with Gasteiger partial charge in [0.15, 0.2) is 0 Å². The van der Waals surface area contributed by atoms with Crippen LogP contribution in [0.2, 0.25) is 0 Å². The number of hydrogen-bond acceptors (Lipinski definition) is 3. The number of hydrogen-bond donors (Lipinski definition) is 1. The van der Waals surface area contributed by atoms with Crippen molar-refractivity contribution in [3.63, 3.8) is 0 Å². The molecule has 3 rings (SSSR count). The van der Waals surface area contributed by atoms with Gasteiger partial charge < -0.3 is 9.84 Å². The van der Waals surface area contributed by atoms with Crippen LogP contribution in [0.1, 0.15) is 34.2 Å². The maximum absolute atomic E-state index is 10.6. The Morgan fingerprint density at radius 1 is 1.40 bits per heavy atom. The monoisotopic (exact) mass is 272 g/mol. The summed E-state index contributed by atoms with van der Waals surface area (Å²) in [5.74, 6) is 0.874. The number of aliphatic hydroxyl groups excluding tert-OH is 1. The lowest BCUT2D eigenvalue weighted by molar-refractivity contribution is 0.173. The van der Waals surface area contributed by atoms with Gasteiger partial charge in [-0.15, -0.1) is 0 Å². The summed E-state index contributed by atoms with van der Waals surface area (Å²) in [7, 11) is 1.93. The van der Waals surface area contributed by atoms with Crippen molar-refractivity contribution in [1.29, 1.82) is 0 Å². The first-order valence-electron chi connectivity index (χ1n) is 6.99. The molecule has 0 fully saturated rings. The fourth-order valence-electron chi connectivity index (χ4n) is 2.92. The van der Waals surface area contributed by atoms with Crippen LogP contribution in [-0.2, 0) is 19.9 Å². The lowest BCUT2D eigenvalue weighted by Gasteiger charge is -2.15. The van der Waals surface area contributed by atoms with E-state index in [1.807, 2.05) is 37.7 Å². The van der Waals surface area contributed by atoms with E-state index in [4.69, 9.17) is 4.74 Å². The molecular weight excluding hydrogens is 252 g/mol. The number of aryl methyl sites for hydroxylation is 2. The molecule has 2 heterocycles. The van der Waals surface area contributed by atoms with E-state index in [9.17, 15) is 5.11 Å². The number of nitrogens with zero attached hydrogens (tertiary/aromatic N) is 2. The predicted octanol–water partition coefficient (Wildman–Crippen LogP) is 2.25. The fourth-order valence-corrected chi connectivity index (χ4v) is 2.92. The van der Waals surface area contributed by atoms with Gasteiger partial charge in [0, 0.05) is 31.1 Å². The van der Waals surface area contributed by atoms with Crippen molar-refractivity contribution >= 4 is 0 Å². The maximum atomic E-state index is 10.6. The lowest BCUT2D eigenvalue weighted by atomic mass is 9.97. The molecule has 2 aromatic rings. The van der Waals surface area contributed by atoms with Gasteiger partial charge in [-0.2, -0.15) is 5.10 Å². The molecule has 1 aromatic heterocycles. The highest BCUT2D eigenvalue weighted by molar-refractivity contribution is 5.45. The number of para-hydroxylation sites is 1. The van der Waals surface area contributed by atoms with Crippen molar-refractivity contribution in [3.8, 4) is 5.75 Å². The van der Waals surface area contributed by atoms with Gasteiger partial charge in [-0.05, 0) is 25.0 Å². The molecule has 1 aliphatic heterocycles. The third kappa shape index (κ3) is 2.10. The molecular formula is C16H20N2O2. The zero-order chi connectivity index (χ0) is 14.3. The second-order valence-corrected chi connectivity index (χ2v) is 5.43. The molecule has 0 saturated heterocycles. The molecule has 0 spiro atoms. The van der Waals surface area contributed by atoms with Crippen LogP contribution in [0.25, 0.3) is 0 Å². The number of rotatable bonds is 3. The van der Waals surface area contributed by atoms with Crippen LogP contribution in [-0.4, -0.2) is 21.5 Å². The summed E-state index contributed by atoms with van der Waals surface area (Å²) in [5, 5.41) is 15.0. The van der Waals surface area contributed by atoms with Gasteiger partial charge in [0.05, 0.1) is 18.4 Å². The predicted molar refractivity (Wildman–Crippen MR) is 77.0 cm³/mol. The van der Waals surface area contributed by atoms with Crippen molar-refractivity contribution < 1.29 is 9.84 Å². The summed E-state index contributed by atoms with van der Waals surface area (Å²) in [6, 6.07) is 6.02. The summed E-state index contributed by atoms with van der Waals surface area (Å²) in [6.07, 6.45) is 0.955. The van der Waals surface area contributed by atoms with Gasteiger partial charge >= 0.3 is 0 Å². The van der Waals surface area contributed by atoms with Gasteiger partial charge in [-0.25, -0.2) is 0 Å². The average molecular weight is 272 g/mol. The van der Waals surface area contributed by atoms with Gasteiger partial charge in [0.2, 0.25) is 0 Å². The van der Waals surface area contributed by atoms with Gasteiger partial charge in [-0.1, -0.05) is 18.2 Å². The van der Waals surface area contributed by atoms with Crippen molar-refractivity contribution in [2.24, 2.45) is 7.05 Å². The SMILES string of the molecule is Cc1nn(C)c(C)c1CC(O)c1cccc2c1OCC2. The Bertz CT molecular complexity index is 646. The normalized spacial score (nSPS) is 15.0. The van der Waals surface area contributed by atoms with Gasteiger partial charge in [0.25, 0.3) is 0 Å². The van der Waals surface area contributed by atoms with Crippen molar-refractivity contribution in [3.05, 3.63) is 46.3 Å². The van der Waals surface area contributed by atoms with Gasteiger partial charge in [-0.3, -0.25) is 4.68 Å². The summed E-state index contributed by atoms with van der Waals surface area (Å²) in [4.78, 5) is 0. The van der Waals surface area contributed by atoms with Gasteiger partial charge in [0.1, 0.15) is 5.75 Å². The van der Waals surface area contributed by atoms with E-state index < -0.39 is 6.10 Å². The van der Waals surface area contributed by atoms with Crippen molar-refractivity contribution in [2.75, 3.05) is 6.61 Å². The molecule has 20 heavy (non-hydrogen) atoms. The summed E-state index contributed by atoms with van der Waals surface area (Å²) in [6.45, 7) is 4.74. The first-order chi connectivity index (χ1) is 9.58. The Morgan fingerprint density at radius 2 is 2.20 bits per heavy atom. The Morgan fingerprint density at radius 3 is 2.90 bits per heavy atom. The second kappa shape index (κ2) is 4.94. The van der Waals surface area contributed by atoms with Crippen LogP contribution in [0, 0.1) is 13.8 Å². The molecule has 1 N–H and O–H groups in total. The number of aromatic nitrogens is 2. The molecule has 0 aliphatic carbocycles. The maximum Gasteiger partial charge on any atom is 0.128 e. The summed E-state index contributed by atoms with van der Waals surface area (Å²) >= 11 is 0. The number of fused-ring (bicyclic) bond motifs is 1. The van der Waals surface area contributed by atoms with E-state index in [-0.39, 0.29) is 0 Å². The number of aliphatic hydroxyl groups is 1. The van der Waals surface area contributed by atoms with E-state index in [2.05, 4.69) is 11.2 Å². The third-order valence-electron chi connectivity index (χ3n) is 4.16. The van der Waals surface area contributed by atoms with Crippen LogP contribution in [0.5, 0.6) is 5.75 Å². The molecule has 4 heteroatoms. The van der Waals surface area contributed by atoms with Crippen LogP contribution in [0.4, 0.5) is 0 Å². The summed E-state index contributed by atoms with van der Waals surface area (Å²) in [5.41, 5.74) is 5.30. The number of ether oxygens (including phenoxy) is 1. The number of benzene rings is 1. The van der Waals surface area contributed by atoms with Crippen LogP contribution in [0.3, 0.4) is 0 Å². The Labute approximate surface area is 119 Å². The second-order valence-electron chi connectivity index (χ2n) is 5.43. The smallest absolute Gasteiger partial charge is 0.128 e. The van der Waals surface area contributed by atoms with Crippen molar-refractivity contribution in [2.45, 2.75) is 32.8 Å². The van der Waals surface area contributed by atoms with Crippen LogP contribution < -0.4 is 4.74 Å². The zero-order valence-corrected chi connectivity index (χ0v) is 12.2. The third-order valence-corrected chi connectivity index (χ3v) is 4.16. The minimum atomic E-state index is -0.551. The highest BCUT2D eigenvalue weighted by atomic mass is 16.5. The fraction of sp³-hybridized carbons (Fsp3) is 0.438. The average Bonchev–Trinajstić information content (AvgIpc) is 2.99.